The van der Waals surface area contributed by atoms with Crippen LogP contribution in [0.3, 0.4) is 0 Å². The number of benzene rings is 1. The summed E-state index contributed by atoms with van der Waals surface area (Å²) in [5, 5.41) is 1.80. The minimum Gasteiger partial charge on any atom is -0.340 e. The highest BCUT2D eigenvalue weighted by atomic mass is 32.1. The van der Waals surface area contributed by atoms with E-state index in [1.807, 2.05) is 19.2 Å². The minimum atomic E-state index is -0.180. The van der Waals surface area contributed by atoms with Crippen molar-refractivity contribution in [2.45, 2.75) is 19.3 Å². The van der Waals surface area contributed by atoms with E-state index in [1.165, 1.54) is 29.0 Å². The van der Waals surface area contributed by atoms with Gasteiger partial charge in [-0.1, -0.05) is 12.1 Å². The summed E-state index contributed by atoms with van der Waals surface area (Å²) < 4.78 is 12.9. The van der Waals surface area contributed by atoms with Crippen LogP contribution in [-0.2, 0) is 6.42 Å². The van der Waals surface area contributed by atoms with Crippen LogP contribution in [-0.4, -0.2) is 53.9 Å². The largest absolute Gasteiger partial charge is 0.340 e. The van der Waals surface area contributed by atoms with Crippen LogP contribution in [0.4, 0.5) is 4.39 Å². The van der Waals surface area contributed by atoms with Gasteiger partial charge >= 0.3 is 0 Å². The average Bonchev–Trinajstić information content (AvgIpc) is 3.16. The quantitative estimate of drug-likeness (QED) is 0.792. The van der Waals surface area contributed by atoms with E-state index in [1.54, 1.807) is 15.8 Å². The topological polar surface area (TPSA) is 36.4 Å². The number of hydrogen-bond donors (Lipinski definition) is 0. The van der Waals surface area contributed by atoms with Crippen LogP contribution in [0.5, 0.6) is 0 Å². The summed E-state index contributed by atoms with van der Waals surface area (Å²) in [7, 11) is 1.86. The molecule has 0 saturated carbocycles. The molecule has 1 aromatic carbocycles. The number of thiazole rings is 1. The molecular formula is C19H24FN3OS. The zero-order valence-electron chi connectivity index (χ0n) is 14.5. The molecule has 0 radical (unpaired) electrons. The number of carbonyl (C=O) groups is 1. The second-order valence-electron chi connectivity index (χ2n) is 6.72. The lowest BCUT2D eigenvalue weighted by atomic mass is 9.96. The van der Waals surface area contributed by atoms with E-state index >= 15 is 0 Å². The van der Waals surface area contributed by atoms with Gasteiger partial charge in [-0.05, 0) is 56.0 Å². The van der Waals surface area contributed by atoms with Gasteiger partial charge in [0.15, 0.2) is 0 Å². The van der Waals surface area contributed by atoms with E-state index in [0.29, 0.717) is 11.6 Å². The fourth-order valence-corrected chi connectivity index (χ4v) is 3.84. The molecule has 1 aliphatic heterocycles. The monoisotopic (exact) mass is 361 g/mol. The van der Waals surface area contributed by atoms with Crippen molar-refractivity contribution >= 4 is 17.2 Å². The average molecular weight is 361 g/mol. The number of rotatable bonds is 6. The predicted octanol–water partition coefficient (Wildman–Crippen LogP) is 3.31. The molecule has 3 rings (SSSR count). The summed E-state index contributed by atoms with van der Waals surface area (Å²) in [5.41, 5.74) is 3.42. The van der Waals surface area contributed by atoms with Gasteiger partial charge in [-0.3, -0.25) is 4.79 Å². The highest BCUT2D eigenvalue weighted by Gasteiger charge is 2.23. The molecule has 1 saturated heterocycles. The van der Waals surface area contributed by atoms with Crippen LogP contribution in [0.15, 0.2) is 35.2 Å². The van der Waals surface area contributed by atoms with Crippen molar-refractivity contribution in [1.82, 2.24) is 14.8 Å². The van der Waals surface area contributed by atoms with Gasteiger partial charge in [-0.2, -0.15) is 0 Å². The first-order valence-electron chi connectivity index (χ1n) is 8.72. The normalized spacial score (nSPS) is 16.1. The van der Waals surface area contributed by atoms with Gasteiger partial charge in [0.2, 0.25) is 0 Å². The number of carbonyl (C=O) groups excluding carboxylic acids is 1. The third kappa shape index (κ3) is 5.09. The standard InChI is InChI=1S/C19H24FN3OS/c1-22(19(24)18-13-25-14-21-18)12-16-7-10-23(11-8-16)9-6-15-2-4-17(20)5-3-15/h2-5,13-14,16H,6-12H2,1H3. The van der Waals surface area contributed by atoms with Gasteiger partial charge in [0.25, 0.3) is 5.91 Å². The van der Waals surface area contributed by atoms with Gasteiger partial charge < -0.3 is 9.80 Å². The summed E-state index contributed by atoms with van der Waals surface area (Å²) in [6.07, 6.45) is 3.17. The molecule has 0 aliphatic carbocycles. The summed E-state index contributed by atoms with van der Waals surface area (Å²) in [4.78, 5) is 20.6. The molecule has 0 unspecified atom stereocenters. The molecule has 2 heterocycles. The molecule has 2 aromatic rings. The Bertz CT molecular complexity index is 666. The number of hydrogen-bond acceptors (Lipinski definition) is 4. The Hall–Kier alpha value is -1.79. The summed E-state index contributed by atoms with van der Waals surface area (Å²) in [6, 6.07) is 6.77. The van der Waals surface area contributed by atoms with E-state index < -0.39 is 0 Å². The van der Waals surface area contributed by atoms with E-state index in [4.69, 9.17) is 0 Å². The lowest BCUT2D eigenvalue weighted by molar-refractivity contribution is 0.0735. The summed E-state index contributed by atoms with van der Waals surface area (Å²) in [5.74, 6) is 0.385. The molecule has 4 nitrogen and oxygen atoms in total. The minimum absolute atomic E-state index is 0.0139. The van der Waals surface area contributed by atoms with E-state index in [0.717, 1.165) is 45.4 Å². The van der Waals surface area contributed by atoms with Crippen molar-refractivity contribution in [3.8, 4) is 0 Å². The first kappa shape index (κ1) is 18.0. The SMILES string of the molecule is CN(CC1CCN(CCc2ccc(F)cc2)CC1)C(=O)c1cscn1. The Morgan fingerprint density at radius 1 is 1.32 bits per heavy atom. The van der Waals surface area contributed by atoms with Crippen molar-refractivity contribution in [2.24, 2.45) is 5.92 Å². The number of aromatic nitrogens is 1. The Labute approximate surface area is 152 Å². The number of amides is 1. The van der Waals surface area contributed by atoms with Crippen molar-refractivity contribution in [3.63, 3.8) is 0 Å². The lowest BCUT2D eigenvalue weighted by Gasteiger charge is -2.33. The van der Waals surface area contributed by atoms with Crippen molar-refractivity contribution in [1.29, 1.82) is 0 Å². The molecule has 25 heavy (non-hydrogen) atoms. The Kier molecular flexibility index (Phi) is 6.15. The molecule has 6 heteroatoms. The predicted molar refractivity (Wildman–Crippen MR) is 98.3 cm³/mol. The number of likely N-dealkylation sites (tertiary alicyclic amines) is 1. The number of nitrogens with zero attached hydrogens (tertiary/aromatic N) is 3. The van der Waals surface area contributed by atoms with Crippen molar-refractivity contribution < 1.29 is 9.18 Å². The Morgan fingerprint density at radius 2 is 2.04 bits per heavy atom. The van der Waals surface area contributed by atoms with Gasteiger partial charge in [0.1, 0.15) is 11.5 Å². The molecule has 1 amide bonds. The van der Waals surface area contributed by atoms with Gasteiger partial charge in [-0.25, -0.2) is 9.37 Å². The number of halogens is 1. The van der Waals surface area contributed by atoms with E-state index in [9.17, 15) is 9.18 Å². The maximum absolute atomic E-state index is 12.9. The van der Waals surface area contributed by atoms with Crippen LogP contribution >= 0.6 is 11.3 Å². The molecule has 1 aliphatic rings. The lowest BCUT2D eigenvalue weighted by Crippen LogP contribution is -2.40. The fourth-order valence-electron chi connectivity index (χ4n) is 3.31. The summed E-state index contributed by atoms with van der Waals surface area (Å²) >= 11 is 1.45. The Morgan fingerprint density at radius 3 is 2.68 bits per heavy atom. The van der Waals surface area contributed by atoms with Crippen LogP contribution in [0.2, 0.25) is 0 Å². The second-order valence-corrected chi connectivity index (χ2v) is 7.44. The third-order valence-electron chi connectivity index (χ3n) is 4.87. The zero-order chi connectivity index (χ0) is 17.6. The highest BCUT2D eigenvalue weighted by molar-refractivity contribution is 7.07. The van der Waals surface area contributed by atoms with Crippen molar-refractivity contribution in [3.05, 3.63) is 52.2 Å². The number of piperidine rings is 1. The van der Waals surface area contributed by atoms with Crippen LogP contribution in [0.1, 0.15) is 28.9 Å². The molecule has 0 bridgehead atoms. The maximum atomic E-state index is 12.9. The third-order valence-corrected chi connectivity index (χ3v) is 5.45. The van der Waals surface area contributed by atoms with Crippen LogP contribution < -0.4 is 0 Å². The van der Waals surface area contributed by atoms with Gasteiger partial charge in [0, 0.05) is 25.5 Å². The van der Waals surface area contributed by atoms with Gasteiger partial charge in [-0.15, -0.1) is 11.3 Å². The Balaban J connectivity index is 1.39. The molecular weight excluding hydrogens is 337 g/mol. The van der Waals surface area contributed by atoms with Crippen LogP contribution in [0.25, 0.3) is 0 Å². The second kappa shape index (κ2) is 8.54. The molecule has 134 valence electrons. The molecule has 0 atom stereocenters. The maximum Gasteiger partial charge on any atom is 0.273 e. The van der Waals surface area contributed by atoms with E-state index in [-0.39, 0.29) is 11.7 Å². The zero-order valence-corrected chi connectivity index (χ0v) is 15.3. The highest BCUT2D eigenvalue weighted by Crippen LogP contribution is 2.19. The molecule has 1 fully saturated rings. The fraction of sp³-hybridized carbons (Fsp3) is 0.474. The van der Waals surface area contributed by atoms with Crippen molar-refractivity contribution in [2.75, 3.05) is 33.2 Å². The first-order chi connectivity index (χ1) is 12.1. The van der Waals surface area contributed by atoms with Gasteiger partial charge in [0.05, 0.1) is 5.51 Å². The first-order valence-corrected chi connectivity index (χ1v) is 9.66. The smallest absolute Gasteiger partial charge is 0.273 e. The molecule has 0 N–H and O–H groups in total. The van der Waals surface area contributed by atoms with E-state index in [2.05, 4.69) is 9.88 Å². The summed E-state index contributed by atoms with van der Waals surface area (Å²) in [6.45, 7) is 3.92. The van der Waals surface area contributed by atoms with Crippen LogP contribution in [0, 0.1) is 11.7 Å². The molecule has 0 spiro atoms. The molecule has 1 aromatic heterocycles.